The van der Waals surface area contributed by atoms with Crippen LogP contribution in [0.4, 0.5) is 0 Å². The summed E-state index contributed by atoms with van der Waals surface area (Å²) in [6.45, 7) is 8.74. The molecule has 0 bridgehead atoms. The van der Waals surface area contributed by atoms with Gasteiger partial charge in [0.15, 0.2) is 0 Å². The second-order valence-corrected chi connectivity index (χ2v) is 6.99. The molecule has 0 heterocycles. The molecule has 0 aliphatic heterocycles. The maximum Gasteiger partial charge on any atom is 0.243 e. The first kappa shape index (κ1) is 19.6. The van der Waals surface area contributed by atoms with Crippen molar-refractivity contribution in [3.05, 3.63) is 12.7 Å². The number of carbonyl (C=O) groups excluding carboxylic acids is 1. The average molecular weight is 300 g/mol. The lowest BCUT2D eigenvalue weighted by atomic mass is 10.1. The Balaban J connectivity index is 3.22. The fourth-order valence-corrected chi connectivity index (χ4v) is 3.11. The molecule has 0 saturated heterocycles. The quantitative estimate of drug-likeness (QED) is 0.363. The molecular weight excluding hydrogens is 266 g/mol. The smallest absolute Gasteiger partial charge is 0.243 e. The highest BCUT2D eigenvalue weighted by Crippen LogP contribution is 2.17. The van der Waals surface area contributed by atoms with E-state index in [2.05, 4.69) is 25.7 Å². The van der Waals surface area contributed by atoms with Crippen LogP contribution in [0.1, 0.15) is 71.6 Å². The number of unbranched alkanes of at least 4 members (excludes halogenated alkanes) is 7. The number of rotatable bonds is 14. The number of hydrogen-bond acceptors (Lipinski definition) is 2. The van der Waals surface area contributed by atoms with Crippen molar-refractivity contribution in [1.29, 1.82) is 0 Å². The van der Waals surface area contributed by atoms with E-state index in [0.717, 1.165) is 12.3 Å². The van der Waals surface area contributed by atoms with E-state index in [-0.39, 0.29) is 5.91 Å². The molecular formula is C17H33NOS. The number of nitrogens with one attached hydrogen (secondary N) is 1. The third-order valence-electron chi connectivity index (χ3n) is 3.45. The predicted octanol–water partition coefficient (Wildman–Crippen LogP) is 4.94. The number of amides is 1. The molecule has 1 atom stereocenters. The Morgan fingerprint density at radius 1 is 1.15 bits per heavy atom. The molecule has 0 aromatic rings. The highest BCUT2D eigenvalue weighted by Gasteiger charge is 2.02. The Morgan fingerprint density at radius 3 is 2.35 bits per heavy atom. The van der Waals surface area contributed by atoms with E-state index < -0.39 is 0 Å². The summed E-state index contributed by atoms with van der Waals surface area (Å²) in [4.78, 5) is 11.0. The summed E-state index contributed by atoms with van der Waals surface area (Å²) >= 11 is 1.95. The Hall–Kier alpha value is -0.440. The van der Waals surface area contributed by atoms with E-state index in [1.807, 2.05) is 11.8 Å². The Labute approximate surface area is 130 Å². The minimum absolute atomic E-state index is 0.0682. The SMILES string of the molecule is C=CC(=O)NCCSC(C)CCCCCCCCCC. The maximum atomic E-state index is 11.0. The largest absolute Gasteiger partial charge is 0.352 e. The van der Waals surface area contributed by atoms with Crippen molar-refractivity contribution in [2.24, 2.45) is 0 Å². The van der Waals surface area contributed by atoms with Crippen LogP contribution in [0.5, 0.6) is 0 Å². The number of carbonyl (C=O) groups is 1. The van der Waals surface area contributed by atoms with Crippen molar-refractivity contribution in [2.45, 2.75) is 76.9 Å². The minimum atomic E-state index is -0.0682. The van der Waals surface area contributed by atoms with Gasteiger partial charge in [-0.05, 0) is 12.5 Å². The lowest BCUT2D eigenvalue weighted by Crippen LogP contribution is -2.23. The van der Waals surface area contributed by atoms with Crippen LogP contribution in [-0.2, 0) is 4.79 Å². The van der Waals surface area contributed by atoms with Gasteiger partial charge in [-0.3, -0.25) is 4.79 Å². The summed E-state index contributed by atoms with van der Waals surface area (Å²) in [5.74, 6) is 0.930. The predicted molar refractivity (Wildman–Crippen MR) is 92.4 cm³/mol. The fourth-order valence-electron chi connectivity index (χ4n) is 2.16. The fraction of sp³-hybridized carbons (Fsp3) is 0.824. The summed E-state index contributed by atoms with van der Waals surface area (Å²) in [5.41, 5.74) is 0. The van der Waals surface area contributed by atoms with Gasteiger partial charge in [0.2, 0.25) is 5.91 Å². The van der Waals surface area contributed by atoms with Gasteiger partial charge in [-0.15, -0.1) is 0 Å². The molecule has 0 radical (unpaired) electrons. The van der Waals surface area contributed by atoms with E-state index in [4.69, 9.17) is 0 Å². The molecule has 0 aromatic heterocycles. The second kappa shape index (κ2) is 15.0. The molecule has 1 amide bonds. The standard InChI is InChI=1S/C17H33NOS/c1-4-6-7-8-9-10-11-12-13-16(3)20-15-14-18-17(19)5-2/h5,16H,2,4,6-15H2,1,3H3,(H,18,19). The first-order chi connectivity index (χ1) is 9.70. The van der Waals surface area contributed by atoms with Gasteiger partial charge in [-0.2, -0.15) is 11.8 Å². The zero-order chi connectivity index (χ0) is 15.1. The second-order valence-electron chi connectivity index (χ2n) is 5.44. The van der Waals surface area contributed by atoms with Crippen LogP contribution in [0.15, 0.2) is 12.7 Å². The van der Waals surface area contributed by atoms with E-state index in [0.29, 0.717) is 5.25 Å². The van der Waals surface area contributed by atoms with Gasteiger partial charge in [0, 0.05) is 17.5 Å². The lowest BCUT2D eigenvalue weighted by molar-refractivity contribution is -0.116. The molecule has 118 valence electrons. The van der Waals surface area contributed by atoms with Crippen LogP contribution in [-0.4, -0.2) is 23.5 Å². The molecule has 2 nitrogen and oxygen atoms in total. The number of hydrogen-bond donors (Lipinski definition) is 1. The average Bonchev–Trinajstić information content (AvgIpc) is 2.46. The monoisotopic (exact) mass is 299 g/mol. The lowest BCUT2D eigenvalue weighted by Gasteiger charge is -2.11. The summed E-state index contributed by atoms with van der Waals surface area (Å²) in [5, 5.41) is 3.51. The van der Waals surface area contributed by atoms with Gasteiger partial charge < -0.3 is 5.32 Å². The van der Waals surface area contributed by atoms with Gasteiger partial charge >= 0.3 is 0 Å². The van der Waals surface area contributed by atoms with Crippen LogP contribution >= 0.6 is 11.8 Å². The Bertz CT molecular complexity index is 243. The zero-order valence-electron chi connectivity index (χ0n) is 13.5. The van der Waals surface area contributed by atoms with Crippen LogP contribution in [0, 0.1) is 0 Å². The van der Waals surface area contributed by atoms with E-state index in [1.54, 1.807) is 0 Å². The molecule has 0 rings (SSSR count). The van der Waals surface area contributed by atoms with Crippen LogP contribution in [0.2, 0.25) is 0 Å². The van der Waals surface area contributed by atoms with E-state index in [1.165, 1.54) is 63.9 Å². The molecule has 3 heteroatoms. The summed E-state index contributed by atoms with van der Waals surface area (Å²) in [6, 6.07) is 0. The van der Waals surface area contributed by atoms with Crippen molar-refractivity contribution in [3.8, 4) is 0 Å². The Kier molecular flexibility index (Phi) is 14.6. The van der Waals surface area contributed by atoms with Gasteiger partial charge in [0.25, 0.3) is 0 Å². The van der Waals surface area contributed by atoms with Gasteiger partial charge in [-0.1, -0.05) is 71.8 Å². The van der Waals surface area contributed by atoms with Gasteiger partial charge in [0.1, 0.15) is 0 Å². The summed E-state index contributed by atoms with van der Waals surface area (Å²) < 4.78 is 0. The van der Waals surface area contributed by atoms with Crippen molar-refractivity contribution in [2.75, 3.05) is 12.3 Å². The first-order valence-corrected chi connectivity index (χ1v) is 9.27. The van der Waals surface area contributed by atoms with Crippen LogP contribution in [0.3, 0.4) is 0 Å². The Morgan fingerprint density at radius 2 is 1.75 bits per heavy atom. The third-order valence-corrected chi connectivity index (χ3v) is 4.70. The molecule has 0 fully saturated rings. The topological polar surface area (TPSA) is 29.1 Å². The van der Waals surface area contributed by atoms with Gasteiger partial charge in [-0.25, -0.2) is 0 Å². The zero-order valence-corrected chi connectivity index (χ0v) is 14.3. The third kappa shape index (κ3) is 14.0. The highest BCUT2D eigenvalue weighted by atomic mass is 32.2. The molecule has 0 aromatic carbocycles. The molecule has 1 N–H and O–H groups in total. The maximum absolute atomic E-state index is 11.0. The van der Waals surface area contributed by atoms with Crippen molar-refractivity contribution >= 4 is 17.7 Å². The first-order valence-electron chi connectivity index (χ1n) is 8.22. The van der Waals surface area contributed by atoms with Crippen molar-refractivity contribution in [1.82, 2.24) is 5.32 Å². The molecule has 0 saturated carbocycles. The van der Waals surface area contributed by atoms with Crippen molar-refractivity contribution in [3.63, 3.8) is 0 Å². The highest BCUT2D eigenvalue weighted by molar-refractivity contribution is 7.99. The molecule has 0 aliphatic rings. The van der Waals surface area contributed by atoms with E-state index in [9.17, 15) is 4.79 Å². The molecule has 20 heavy (non-hydrogen) atoms. The van der Waals surface area contributed by atoms with Crippen LogP contribution in [0.25, 0.3) is 0 Å². The molecule has 0 spiro atoms. The van der Waals surface area contributed by atoms with E-state index >= 15 is 0 Å². The molecule has 0 aliphatic carbocycles. The minimum Gasteiger partial charge on any atom is -0.352 e. The summed E-state index contributed by atoms with van der Waals surface area (Å²) in [6.07, 6.45) is 13.7. The number of thioether (sulfide) groups is 1. The molecule has 1 unspecified atom stereocenters. The van der Waals surface area contributed by atoms with Crippen LogP contribution < -0.4 is 5.32 Å². The summed E-state index contributed by atoms with van der Waals surface area (Å²) in [7, 11) is 0. The normalized spacial score (nSPS) is 12.1. The van der Waals surface area contributed by atoms with Crippen molar-refractivity contribution < 1.29 is 4.79 Å². The van der Waals surface area contributed by atoms with Gasteiger partial charge in [0.05, 0.1) is 0 Å².